The number of methoxy groups -OCH3 is 2. The molecule has 0 saturated carbocycles. The van der Waals surface area contributed by atoms with Crippen molar-refractivity contribution in [3.05, 3.63) is 36.7 Å². The molecular weight excluding hydrogens is 192 g/mol. The van der Waals surface area contributed by atoms with E-state index < -0.39 is 0 Å². The lowest BCUT2D eigenvalue weighted by Gasteiger charge is -2.12. The third-order valence-electron chi connectivity index (χ3n) is 2.09. The van der Waals surface area contributed by atoms with Crippen LogP contribution >= 0.6 is 0 Å². The SMILES string of the molecule is COc1cccc(OC)c1-n1cc[c]n1. The Kier molecular flexibility index (Phi) is 2.58. The number of ether oxygens (including phenoxy) is 2. The van der Waals surface area contributed by atoms with Crippen LogP contribution in [0.2, 0.25) is 0 Å². The Bertz CT molecular complexity index is 416. The van der Waals surface area contributed by atoms with Gasteiger partial charge in [-0.3, -0.25) is 0 Å². The Hall–Kier alpha value is -1.97. The van der Waals surface area contributed by atoms with E-state index in [1.165, 1.54) is 0 Å². The third kappa shape index (κ3) is 1.66. The van der Waals surface area contributed by atoms with Crippen molar-refractivity contribution in [1.29, 1.82) is 0 Å². The fourth-order valence-electron chi connectivity index (χ4n) is 1.41. The Labute approximate surface area is 88.1 Å². The molecule has 2 rings (SSSR count). The van der Waals surface area contributed by atoms with Crippen molar-refractivity contribution >= 4 is 0 Å². The average molecular weight is 203 g/mol. The number of benzene rings is 1. The molecule has 0 aliphatic carbocycles. The molecule has 1 radical (unpaired) electrons. The molecule has 15 heavy (non-hydrogen) atoms. The quantitative estimate of drug-likeness (QED) is 0.761. The summed E-state index contributed by atoms with van der Waals surface area (Å²) in [7, 11) is 3.23. The van der Waals surface area contributed by atoms with Crippen LogP contribution in [0, 0.1) is 6.20 Å². The van der Waals surface area contributed by atoms with Crippen molar-refractivity contribution in [2.45, 2.75) is 0 Å². The molecule has 4 heteroatoms. The van der Waals surface area contributed by atoms with Crippen molar-refractivity contribution < 1.29 is 9.47 Å². The van der Waals surface area contributed by atoms with Gasteiger partial charge in [-0.25, -0.2) is 4.68 Å². The zero-order chi connectivity index (χ0) is 10.7. The van der Waals surface area contributed by atoms with Crippen LogP contribution in [0.1, 0.15) is 0 Å². The topological polar surface area (TPSA) is 36.3 Å². The monoisotopic (exact) mass is 203 g/mol. The van der Waals surface area contributed by atoms with E-state index in [2.05, 4.69) is 11.3 Å². The van der Waals surface area contributed by atoms with Gasteiger partial charge in [0.2, 0.25) is 0 Å². The lowest BCUT2D eigenvalue weighted by atomic mass is 10.2. The van der Waals surface area contributed by atoms with Gasteiger partial charge < -0.3 is 9.47 Å². The lowest BCUT2D eigenvalue weighted by Crippen LogP contribution is -2.01. The molecule has 1 aromatic heterocycles. The normalized spacial score (nSPS) is 10.0. The standard InChI is InChI=1S/C11H11N2O2/c1-14-9-5-3-6-10(15-2)11(9)13-8-4-7-12-13/h3-6,8H,1-2H3. The molecule has 0 fully saturated rings. The second-order valence-corrected chi connectivity index (χ2v) is 2.90. The molecule has 1 aromatic carbocycles. The minimum Gasteiger partial charge on any atom is -0.494 e. The lowest BCUT2D eigenvalue weighted by molar-refractivity contribution is 0.389. The molecule has 0 saturated heterocycles. The predicted molar refractivity (Wildman–Crippen MR) is 55.5 cm³/mol. The first-order chi connectivity index (χ1) is 7.36. The van der Waals surface area contributed by atoms with Crippen LogP contribution in [-0.4, -0.2) is 24.0 Å². The van der Waals surface area contributed by atoms with Crippen molar-refractivity contribution in [1.82, 2.24) is 9.78 Å². The number of hydrogen-bond donors (Lipinski definition) is 0. The first-order valence-corrected chi connectivity index (χ1v) is 4.50. The van der Waals surface area contributed by atoms with Crippen LogP contribution in [0.5, 0.6) is 11.5 Å². The molecule has 0 unspecified atom stereocenters. The second kappa shape index (κ2) is 4.04. The highest BCUT2D eigenvalue weighted by atomic mass is 16.5. The fraction of sp³-hybridized carbons (Fsp3) is 0.182. The summed E-state index contributed by atoms with van der Waals surface area (Å²) >= 11 is 0. The van der Waals surface area contributed by atoms with E-state index >= 15 is 0 Å². The van der Waals surface area contributed by atoms with Gasteiger partial charge in [0.25, 0.3) is 0 Å². The number of hydrogen-bond acceptors (Lipinski definition) is 3. The molecule has 0 aliphatic rings. The van der Waals surface area contributed by atoms with Gasteiger partial charge in [-0.2, -0.15) is 5.10 Å². The molecule has 0 amide bonds. The predicted octanol–water partition coefficient (Wildman–Crippen LogP) is 1.69. The highest BCUT2D eigenvalue weighted by Gasteiger charge is 2.11. The summed E-state index contributed by atoms with van der Waals surface area (Å²) in [4.78, 5) is 0. The van der Waals surface area contributed by atoms with Gasteiger partial charge in [0, 0.05) is 6.20 Å². The Morgan fingerprint density at radius 2 is 1.87 bits per heavy atom. The van der Waals surface area contributed by atoms with Crippen LogP contribution < -0.4 is 9.47 Å². The van der Waals surface area contributed by atoms with E-state index in [-0.39, 0.29) is 0 Å². The van der Waals surface area contributed by atoms with Crippen molar-refractivity contribution in [2.24, 2.45) is 0 Å². The van der Waals surface area contributed by atoms with Crippen molar-refractivity contribution in [3.8, 4) is 17.2 Å². The molecule has 77 valence electrons. The molecule has 4 nitrogen and oxygen atoms in total. The minimum absolute atomic E-state index is 0.714. The van der Waals surface area contributed by atoms with E-state index in [9.17, 15) is 0 Å². The first-order valence-electron chi connectivity index (χ1n) is 4.50. The summed E-state index contributed by atoms with van der Waals surface area (Å²) in [6.45, 7) is 0. The van der Waals surface area contributed by atoms with E-state index in [4.69, 9.17) is 9.47 Å². The van der Waals surface area contributed by atoms with Gasteiger partial charge in [-0.15, -0.1) is 0 Å². The Morgan fingerprint density at radius 1 is 1.20 bits per heavy atom. The number of nitrogens with zero attached hydrogens (tertiary/aromatic N) is 2. The summed E-state index contributed by atoms with van der Waals surface area (Å²) in [5.74, 6) is 1.43. The molecule has 0 aliphatic heterocycles. The second-order valence-electron chi connectivity index (χ2n) is 2.90. The number of para-hydroxylation sites is 1. The summed E-state index contributed by atoms with van der Waals surface area (Å²) in [5, 5.41) is 4.04. The summed E-state index contributed by atoms with van der Waals surface area (Å²) in [5.41, 5.74) is 0.781. The van der Waals surface area contributed by atoms with Crippen LogP contribution in [0.25, 0.3) is 5.69 Å². The zero-order valence-corrected chi connectivity index (χ0v) is 8.60. The summed E-state index contributed by atoms with van der Waals surface area (Å²) in [6.07, 6.45) is 4.52. The number of aromatic nitrogens is 2. The van der Waals surface area contributed by atoms with Gasteiger partial charge in [0.05, 0.1) is 14.2 Å². The number of rotatable bonds is 3. The Morgan fingerprint density at radius 3 is 2.33 bits per heavy atom. The zero-order valence-electron chi connectivity index (χ0n) is 8.60. The minimum atomic E-state index is 0.714. The van der Waals surface area contributed by atoms with Crippen LogP contribution in [0.4, 0.5) is 0 Å². The van der Waals surface area contributed by atoms with Gasteiger partial charge >= 0.3 is 0 Å². The van der Waals surface area contributed by atoms with Gasteiger partial charge in [-0.1, -0.05) is 6.07 Å². The van der Waals surface area contributed by atoms with Crippen molar-refractivity contribution in [2.75, 3.05) is 14.2 Å². The molecule has 0 N–H and O–H groups in total. The van der Waals surface area contributed by atoms with Crippen LogP contribution in [-0.2, 0) is 0 Å². The maximum atomic E-state index is 5.26. The smallest absolute Gasteiger partial charge is 0.148 e. The highest BCUT2D eigenvalue weighted by Crippen LogP contribution is 2.31. The summed E-state index contributed by atoms with van der Waals surface area (Å²) in [6, 6.07) is 7.32. The molecule has 0 bridgehead atoms. The molecule has 1 heterocycles. The van der Waals surface area contributed by atoms with E-state index in [0.29, 0.717) is 11.5 Å². The van der Waals surface area contributed by atoms with Gasteiger partial charge in [0.1, 0.15) is 23.4 Å². The van der Waals surface area contributed by atoms with E-state index in [0.717, 1.165) is 5.69 Å². The molecule has 2 aromatic rings. The molecule has 0 atom stereocenters. The Balaban J connectivity index is 2.61. The van der Waals surface area contributed by atoms with Gasteiger partial charge in [0.15, 0.2) is 0 Å². The van der Waals surface area contributed by atoms with E-state index in [1.54, 1.807) is 31.2 Å². The molecule has 0 spiro atoms. The van der Waals surface area contributed by atoms with Crippen LogP contribution in [0.3, 0.4) is 0 Å². The third-order valence-corrected chi connectivity index (χ3v) is 2.09. The molecular formula is C11H11N2O2. The van der Waals surface area contributed by atoms with Gasteiger partial charge in [-0.05, 0) is 18.2 Å². The average Bonchev–Trinajstić information content (AvgIpc) is 2.81. The highest BCUT2D eigenvalue weighted by molar-refractivity contribution is 5.56. The largest absolute Gasteiger partial charge is 0.494 e. The summed E-state index contributed by atoms with van der Waals surface area (Å²) < 4.78 is 12.2. The first kappa shape index (κ1) is 9.58. The van der Waals surface area contributed by atoms with Crippen LogP contribution in [0.15, 0.2) is 30.5 Å². The van der Waals surface area contributed by atoms with E-state index in [1.807, 2.05) is 18.2 Å². The fourth-order valence-corrected chi connectivity index (χ4v) is 1.41. The maximum Gasteiger partial charge on any atom is 0.148 e. The maximum absolute atomic E-state index is 5.26. The van der Waals surface area contributed by atoms with Crippen molar-refractivity contribution in [3.63, 3.8) is 0 Å².